The Kier molecular flexibility index (Phi) is 5.58. The largest absolute Gasteiger partial charge is 0.507 e. The number of aromatic amines is 1. The molecule has 7 nitrogen and oxygen atoms in total. The molecule has 0 radical (unpaired) electrons. The first-order chi connectivity index (χ1) is 13.2. The zero-order chi connectivity index (χ0) is 20.6. The average Bonchev–Trinajstić information content (AvgIpc) is 3.10. The summed E-state index contributed by atoms with van der Waals surface area (Å²) in [5, 5.41) is 18.5. The van der Waals surface area contributed by atoms with E-state index in [0.29, 0.717) is 40.6 Å². The van der Waals surface area contributed by atoms with Crippen molar-refractivity contribution in [2.45, 2.75) is 19.9 Å². The standard InChI is InChI=1S/C20H23ClN4O3/c1-11-15(12(2)23-22-11)18(26)16-17(13-5-7-14(21)8-6-13)25(10-9-24(3)4)20(28)19(16)27/h5-8,17,26H,9-10H2,1-4H3,(H,22,23)/b18-16+. The number of amides is 1. The number of rotatable bonds is 5. The average molecular weight is 403 g/mol. The van der Waals surface area contributed by atoms with Crippen molar-refractivity contribution in [2.24, 2.45) is 0 Å². The molecule has 3 rings (SSSR count). The number of benzene rings is 1. The normalized spacial score (nSPS) is 19.1. The molecule has 2 N–H and O–H groups in total. The number of ketones is 1. The Hall–Kier alpha value is -2.64. The summed E-state index contributed by atoms with van der Waals surface area (Å²) in [6.07, 6.45) is 0. The second-order valence-electron chi connectivity index (χ2n) is 7.16. The Morgan fingerprint density at radius 3 is 2.43 bits per heavy atom. The number of carbonyl (C=O) groups excluding carboxylic acids is 2. The number of nitrogens with one attached hydrogen (secondary N) is 1. The first-order valence-electron chi connectivity index (χ1n) is 8.93. The minimum atomic E-state index is -0.698. The molecule has 1 aliphatic rings. The van der Waals surface area contributed by atoms with Crippen LogP contribution in [-0.4, -0.2) is 64.0 Å². The van der Waals surface area contributed by atoms with E-state index in [0.717, 1.165) is 0 Å². The van der Waals surface area contributed by atoms with Gasteiger partial charge in [0.15, 0.2) is 0 Å². The number of aliphatic hydroxyl groups is 1. The molecule has 0 spiro atoms. The number of Topliss-reactive ketones (excluding diaryl/α,β-unsaturated/α-hetero) is 1. The highest BCUT2D eigenvalue weighted by atomic mass is 35.5. The monoisotopic (exact) mass is 402 g/mol. The number of hydrogen-bond donors (Lipinski definition) is 2. The van der Waals surface area contributed by atoms with E-state index >= 15 is 0 Å². The smallest absolute Gasteiger partial charge is 0.295 e. The number of aromatic nitrogens is 2. The second-order valence-corrected chi connectivity index (χ2v) is 7.59. The van der Waals surface area contributed by atoms with Gasteiger partial charge in [-0.05, 0) is 45.6 Å². The number of likely N-dealkylation sites (tertiary alicyclic amines) is 1. The molecule has 1 aliphatic heterocycles. The Labute approximate surface area is 168 Å². The predicted octanol–water partition coefficient (Wildman–Crippen LogP) is 2.66. The molecule has 8 heteroatoms. The minimum Gasteiger partial charge on any atom is -0.507 e. The minimum absolute atomic E-state index is 0.0682. The molecule has 1 fully saturated rings. The Balaban J connectivity index is 2.18. The first-order valence-corrected chi connectivity index (χ1v) is 9.30. The molecule has 1 amide bonds. The van der Waals surface area contributed by atoms with E-state index in [9.17, 15) is 14.7 Å². The molecule has 2 aromatic rings. The third-order valence-electron chi connectivity index (χ3n) is 4.88. The SMILES string of the molecule is Cc1n[nH]c(C)c1/C(O)=C1\C(=O)C(=O)N(CCN(C)C)C1c1ccc(Cl)cc1. The van der Waals surface area contributed by atoms with Gasteiger partial charge in [0.2, 0.25) is 0 Å². The summed E-state index contributed by atoms with van der Waals surface area (Å²) in [5.74, 6) is -1.53. The molecular weight excluding hydrogens is 380 g/mol. The number of likely N-dealkylation sites (N-methyl/N-ethyl adjacent to an activating group) is 1. The van der Waals surface area contributed by atoms with Crippen molar-refractivity contribution < 1.29 is 14.7 Å². The number of aryl methyl sites for hydroxylation is 2. The molecule has 1 unspecified atom stereocenters. The Morgan fingerprint density at radius 2 is 1.89 bits per heavy atom. The van der Waals surface area contributed by atoms with Crippen LogP contribution in [0.25, 0.3) is 5.76 Å². The van der Waals surface area contributed by atoms with Gasteiger partial charge in [0, 0.05) is 23.8 Å². The maximum absolute atomic E-state index is 12.9. The fourth-order valence-electron chi connectivity index (χ4n) is 3.44. The van der Waals surface area contributed by atoms with Crippen LogP contribution in [0, 0.1) is 13.8 Å². The van der Waals surface area contributed by atoms with E-state index in [1.54, 1.807) is 38.1 Å². The van der Waals surface area contributed by atoms with Crippen LogP contribution in [0.4, 0.5) is 0 Å². The lowest BCUT2D eigenvalue weighted by Gasteiger charge is -2.26. The van der Waals surface area contributed by atoms with E-state index in [1.807, 2.05) is 19.0 Å². The summed E-state index contributed by atoms with van der Waals surface area (Å²) < 4.78 is 0. The van der Waals surface area contributed by atoms with Gasteiger partial charge in [-0.2, -0.15) is 5.10 Å². The number of carbonyl (C=O) groups is 2. The van der Waals surface area contributed by atoms with Crippen molar-refractivity contribution in [1.29, 1.82) is 0 Å². The summed E-state index contributed by atoms with van der Waals surface area (Å²) in [5.41, 5.74) is 2.42. The number of nitrogens with zero attached hydrogens (tertiary/aromatic N) is 3. The fourth-order valence-corrected chi connectivity index (χ4v) is 3.57. The summed E-state index contributed by atoms with van der Waals surface area (Å²) in [7, 11) is 3.79. The summed E-state index contributed by atoms with van der Waals surface area (Å²) >= 11 is 6.01. The number of aliphatic hydroxyl groups excluding tert-OH is 1. The van der Waals surface area contributed by atoms with Crippen LogP contribution in [0.3, 0.4) is 0 Å². The van der Waals surface area contributed by atoms with Crippen LogP contribution >= 0.6 is 11.6 Å². The van der Waals surface area contributed by atoms with Gasteiger partial charge in [-0.1, -0.05) is 23.7 Å². The van der Waals surface area contributed by atoms with E-state index in [-0.39, 0.29) is 11.3 Å². The van der Waals surface area contributed by atoms with Crippen molar-refractivity contribution >= 4 is 29.1 Å². The molecule has 1 aromatic carbocycles. The van der Waals surface area contributed by atoms with Gasteiger partial charge < -0.3 is 14.9 Å². The maximum Gasteiger partial charge on any atom is 0.295 e. The van der Waals surface area contributed by atoms with Crippen LogP contribution in [0.15, 0.2) is 29.8 Å². The highest BCUT2D eigenvalue weighted by Crippen LogP contribution is 2.40. The molecule has 1 saturated heterocycles. The molecular formula is C20H23ClN4O3. The van der Waals surface area contributed by atoms with Crippen molar-refractivity contribution in [3.05, 3.63) is 57.4 Å². The van der Waals surface area contributed by atoms with Crippen molar-refractivity contribution in [3.63, 3.8) is 0 Å². The van der Waals surface area contributed by atoms with Gasteiger partial charge >= 0.3 is 0 Å². The molecule has 1 aromatic heterocycles. The first kappa shape index (κ1) is 20.1. The quantitative estimate of drug-likeness (QED) is 0.456. The lowest BCUT2D eigenvalue weighted by molar-refractivity contribution is -0.140. The third kappa shape index (κ3) is 3.55. The molecule has 0 aliphatic carbocycles. The van der Waals surface area contributed by atoms with Gasteiger partial charge in [-0.3, -0.25) is 14.7 Å². The zero-order valence-corrected chi connectivity index (χ0v) is 17.0. The molecule has 0 bridgehead atoms. The number of halogens is 1. The van der Waals surface area contributed by atoms with Gasteiger partial charge in [0.25, 0.3) is 11.7 Å². The van der Waals surface area contributed by atoms with Crippen LogP contribution < -0.4 is 0 Å². The molecule has 148 valence electrons. The van der Waals surface area contributed by atoms with Crippen LogP contribution in [0.2, 0.25) is 5.02 Å². The van der Waals surface area contributed by atoms with Crippen molar-refractivity contribution in [2.75, 3.05) is 27.2 Å². The molecule has 0 saturated carbocycles. The van der Waals surface area contributed by atoms with Gasteiger partial charge in [-0.15, -0.1) is 0 Å². The highest BCUT2D eigenvalue weighted by molar-refractivity contribution is 6.46. The van der Waals surface area contributed by atoms with Gasteiger partial charge in [-0.25, -0.2) is 0 Å². The highest BCUT2D eigenvalue weighted by Gasteiger charge is 2.46. The lowest BCUT2D eigenvalue weighted by atomic mass is 9.95. The summed E-state index contributed by atoms with van der Waals surface area (Å²) in [6.45, 7) is 4.43. The van der Waals surface area contributed by atoms with E-state index in [1.165, 1.54) is 4.90 Å². The van der Waals surface area contributed by atoms with Crippen LogP contribution in [-0.2, 0) is 9.59 Å². The van der Waals surface area contributed by atoms with E-state index < -0.39 is 17.7 Å². The topological polar surface area (TPSA) is 89.5 Å². The van der Waals surface area contributed by atoms with Crippen LogP contribution in [0.1, 0.15) is 28.6 Å². The molecule has 28 heavy (non-hydrogen) atoms. The van der Waals surface area contributed by atoms with E-state index in [4.69, 9.17) is 11.6 Å². The Morgan fingerprint density at radius 1 is 1.25 bits per heavy atom. The summed E-state index contributed by atoms with van der Waals surface area (Å²) in [4.78, 5) is 29.1. The summed E-state index contributed by atoms with van der Waals surface area (Å²) in [6, 6.07) is 6.26. The molecule has 1 atom stereocenters. The van der Waals surface area contributed by atoms with Crippen molar-refractivity contribution in [3.8, 4) is 0 Å². The third-order valence-corrected chi connectivity index (χ3v) is 5.13. The number of H-pyrrole nitrogens is 1. The predicted molar refractivity (Wildman–Crippen MR) is 107 cm³/mol. The van der Waals surface area contributed by atoms with Crippen LogP contribution in [0.5, 0.6) is 0 Å². The zero-order valence-electron chi connectivity index (χ0n) is 16.3. The van der Waals surface area contributed by atoms with Gasteiger partial charge in [0.1, 0.15) is 5.76 Å². The fraction of sp³-hybridized carbons (Fsp3) is 0.350. The maximum atomic E-state index is 12.9. The second kappa shape index (κ2) is 7.77. The van der Waals surface area contributed by atoms with Gasteiger partial charge in [0.05, 0.1) is 22.9 Å². The lowest BCUT2D eigenvalue weighted by Crippen LogP contribution is -2.35. The Bertz CT molecular complexity index is 927. The van der Waals surface area contributed by atoms with Crippen molar-refractivity contribution in [1.82, 2.24) is 20.0 Å². The molecule has 2 heterocycles. The van der Waals surface area contributed by atoms with E-state index in [2.05, 4.69) is 10.2 Å². The number of hydrogen-bond acceptors (Lipinski definition) is 5.